The molecule has 0 aliphatic carbocycles. The van der Waals surface area contributed by atoms with Crippen molar-refractivity contribution in [3.05, 3.63) is 64.3 Å². The number of anilines is 1. The number of amides is 1. The lowest BCUT2D eigenvalue weighted by Crippen LogP contribution is -2.12. The number of halogens is 1. The molecule has 2 aromatic heterocycles. The van der Waals surface area contributed by atoms with Gasteiger partial charge in [-0.2, -0.15) is 0 Å². The molecule has 0 radical (unpaired) electrons. The molecule has 3 aromatic rings. The summed E-state index contributed by atoms with van der Waals surface area (Å²) < 4.78 is 2.62. The maximum Gasteiger partial charge on any atom is 0.257 e. The molecule has 0 unspecified atom stereocenters. The zero-order valence-electron chi connectivity index (χ0n) is 12.3. The molecule has 5 heteroatoms. The molecule has 1 N–H and O–H groups in total. The minimum Gasteiger partial charge on any atom is -0.356 e. The number of benzene rings is 1. The highest BCUT2D eigenvalue weighted by molar-refractivity contribution is 7.19. The van der Waals surface area contributed by atoms with E-state index in [4.69, 9.17) is 11.6 Å². The third-order valence-corrected chi connectivity index (χ3v) is 4.68. The summed E-state index contributed by atoms with van der Waals surface area (Å²) >= 11 is 7.51. The van der Waals surface area contributed by atoms with E-state index in [2.05, 4.69) is 5.32 Å². The first-order chi connectivity index (χ1) is 10.5. The molecule has 0 saturated carbocycles. The van der Waals surface area contributed by atoms with Crippen LogP contribution in [0.15, 0.2) is 48.8 Å². The highest BCUT2D eigenvalue weighted by Gasteiger charge is 2.14. The van der Waals surface area contributed by atoms with Gasteiger partial charge in [-0.15, -0.1) is 11.3 Å². The van der Waals surface area contributed by atoms with Crippen molar-refractivity contribution in [2.75, 3.05) is 5.32 Å². The average molecular weight is 331 g/mol. The molecule has 0 saturated heterocycles. The summed E-state index contributed by atoms with van der Waals surface area (Å²) in [5.74, 6) is -0.104. The maximum absolute atomic E-state index is 12.5. The molecule has 0 bridgehead atoms. The van der Waals surface area contributed by atoms with E-state index in [0.717, 1.165) is 26.0 Å². The van der Waals surface area contributed by atoms with Gasteiger partial charge in [0, 0.05) is 35.6 Å². The molecule has 112 valence electrons. The monoisotopic (exact) mass is 330 g/mol. The van der Waals surface area contributed by atoms with Crippen LogP contribution in [0.5, 0.6) is 0 Å². The van der Waals surface area contributed by atoms with Crippen LogP contribution in [0.1, 0.15) is 15.9 Å². The molecular weight excluding hydrogens is 316 g/mol. The summed E-state index contributed by atoms with van der Waals surface area (Å²) in [6.07, 6.45) is 3.76. The van der Waals surface area contributed by atoms with Crippen molar-refractivity contribution in [2.45, 2.75) is 6.92 Å². The van der Waals surface area contributed by atoms with Crippen LogP contribution in [-0.2, 0) is 7.05 Å². The molecule has 0 aliphatic rings. The Morgan fingerprint density at radius 1 is 1.18 bits per heavy atom. The first-order valence-electron chi connectivity index (χ1n) is 6.83. The number of thiophene rings is 1. The van der Waals surface area contributed by atoms with Crippen LogP contribution < -0.4 is 5.32 Å². The number of para-hydroxylation sites is 1. The van der Waals surface area contributed by atoms with Crippen LogP contribution in [0.4, 0.5) is 5.69 Å². The molecule has 0 spiro atoms. The smallest absolute Gasteiger partial charge is 0.257 e. The van der Waals surface area contributed by atoms with Crippen LogP contribution in [0.2, 0.25) is 4.34 Å². The van der Waals surface area contributed by atoms with Crippen molar-refractivity contribution in [3.8, 4) is 10.4 Å². The van der Waals surface area contributed by atoms with Crippen LogP contribution in [0.25, 0.3) is 10.4 Å². The number of carbonyl (C=O) groups excluding carboxylic acids is 1. The SMILES string of the molecule is Cc1cn(C)cc1C(=O)Nc1ccccc1-c1ccc(Cl)s1. The number of hydrogen-bond donors (Lipinski definition) is 1. The van der Waals surface area contributed by atoms with E-state index in [0.29, 0.717) is 5.56 Å². The summed E-state index contributed by atoms with van der Waals surface area (Å²) in [5.41, 5.74) is 3.40. The van der Waals surface area contributed by atoms with Gasteiger partial charge in [0.1, 0.15) is 0 Å². The molecular formula is C17H15ClN2OS. The zero-order valence-corrected chi connectivity index (χ0v) is 13.8. The second kappa shape index (κ2) is 5.99. The fourth-order valence-electron chi connectivity index (χ4n) is 2.41. The molecule has 3 rings (SSSR count). The number of rotatable bonds is 3. The van der Waals surface area contributed by atoms with E-state index in [9.17, 15) is 4.79 Å². The largest absolute Gasteiger partial charge is 0.356 e. The fourth-order valence-corrected chi connectivity index (χ4v) is 3.49. The van der Waals surface area contributed by atoms with E-state index in [1.807, 2.05) is 67.3 Å². The Balaban J connectivity index is 1.93. The van der Waals surface area contributed by atoms with Crippen molar-refractivity contribution >= 4 is 34.5 Å². The first-order valence-corrected chi connectivity index (χ1v) is 8.02. The van der Waals surface area contributed by atoms with Gasteiger partial charge in [0.05, 0.1) is 9.90 Å². The first kappa shape index (κ1) is 14.9. The Morgan fingerprint density at radius 3 is 2.59 bits per heavy atom. The maximum atomic E-state index is 12.5. The summed E-state index contributed by atoms with van der Waals surface area (Å²) in [4.78, 5) is 13.5. The second-order valence-electron chi connectivity index (χ2n) is 5.12. The van der Waals surface area contributed by atoms with Gasteiger partial charge in [-0.05, 0) is 30.7 Å². The van der Waals surface area contributed by atoms with E-state index >= 15 is 0 Å². The predicted octanol–water partition coefficient (Wildman–Crippen LogP) is 4.97. The van der Waals surface area contributed by atoms with Crippen molar-refractivity contribution in [2.24, 2.45) is 7.05 Å². The molecule has 3 nitrogen and oxygen atoms in total. The summed E-state index contributed by atoms with van der Waals surface area (Å²) in [6.45, 7) is 1.93. The minimum atomic E-state index is -0.104. The molecule has 0 atom stereocenters. The van der Waals surface area contributed by atoms with Gasteiger partial charge in [0.25, 0.3) is 5.91 Å². The Kier molecular flexibility index (Phi) is 4.05. The lowest BCUT2D eigenvalue weighted by molar-refractivity contribution is 0.102. The van der Waals surface area contributed by atoms with E-state index in [1.54, 1.807) is 0 Å². The van der Waals surface area contributed by atoms with E-state index in [-0.39, 0.29) is 5.91 Å². The highest BCUT2D eigenvalue weighted by Crippen LogP contribution is 2.35. The van der Waals surface area contributed by atoms with Gasteiger partial charge >= 0.3 is 0 Å². The Morgan fingerprint density at radius 2 is 1.95 bits per heavy atom. The molecule has 0 aliphatic heterocycles. The lowest BCUT2D eigenvalue weighted by Gasteiger charge is -2.09. The predicted molar refractivity (Wildman–Crippen MR) is 92.9 cm³/mol. The highest BCUT2D eigenvalue weighted by atomic mass is 35.5. The third kappa shape index (κ3) is 2.93. The minimum absolute atomic E-state index is 0.104. The van der Waals surface area contributed by atoms with Crippen LogP contribution in [-0.4, -0.2) is 10.5 Å². The Hall–Kier alpha value is -2.04. The van der Waals surface area contributed by atoms with Gasteiger partial charge < -0.3 is 9.88 Å². The Labute approximate surface area is 138 Å². The van der Waals surface area contributed by atoms with Crippen LogP contribution in [0, 0.1) is 6.92 Å². The number of hydrogen-bond acceptors (Lipinski definition) is 2. The third-order valence-electron chi connectivity index (χ3n) is 3.41. The van der Waals surface area contributed by atoms with Crippen molar-refractivity contribution in [1.29, 1.82) is 0 Å². The van der Waals surface area contributed by atoms with Crippen molar-refractivity contribution in [1.82, 2.24) is 4.57 Å². The number of aryl methyl sites for hydroxylation is 2. The molecule has 1 amide bonds. The summed E-state index contributed by atoms with van der Waals surface area (Å²) in [6, 6.07) is 11.6. The number of nitrogens with zero attached hydrogens (tertiary/aromatic N) is 1. The van der Waals surface area contributed by atoms with Crippen LogP contribution in [0.3, 0.4) is 0 Å². The van der Waals surface area contributed by atoms with Gasteiger partial charge in [0.15, 0.2) is 0 Å². The normalized spacial score (nSPS) is 10.7. The summed E-state index contributed by atoms with van der Waals surface area (Å²) in [7, 11) is 1.91. The molecule has 1 aromatic carbocycles. The summed E-state index contributed by atoms with van der Waals surface area (Å²) in [5, 5.41) is 3.00. The second-order valence-corrected chi connectivity index (χ2v) is 6.84. The van der Waals surface area contributed by atoms with Crippen molar-refractivity contribution in [3.63, 3.8) is 0 Å². The Bertz CT molecular complexity index is 835. The molecule has 0 fully saturated rings. The average Bonchev–Trinajstić information content (AvgIpc) is 3.05. The van der Waals surface area contributed by atoms with Gasteiger partial charge in [-0.1, -0.05) is 29.8 Å². The van der Waals surface area contributed by atoms with Crippen LogP contribution >= 0.6 is 22.9 Å². The number of nitrogens with one attached hydrogen (secondary N) is 1. The van der Waals surface area contributed by atoms with E-state index in [1.165, 1.54) is 11.3 Å². The van der Waals surface area contributed by atoms with Gasteiger partial charge in [-0.3, -0.25) is 4.79 Å². The molecule has 22 heavy (non-hydrogen) atoms. The standard InChI is InChI=1S/C17H15ClN2OS/c1-11-9-20(2)10-13(11)17(21)19-14-6-4-3-5-12(14)15-7-8-16(18)22-15/h3-10H,1-2H3,(H,19,21). The number of aromatic nitrogens is 1. The van der Waals surface area contributed by atoms with Gasteiger partial charge in [-0.25, -0.2) is 0 Å². The van der Waals surface area contributed by atoms with E-state index < -0.39 is 0 Å². The number of carbonyl (C=O) groups is 1. The topological polar surface area (TPSA) is 34.0 Å². The molecule has 2 heterocycles. The van der Waals surface area contributed by atoms with Crippen molar-refractivity contribution < 1.29 is 4.79 Å². The lowest BCUT2D eigenvalue weighted by atomic mass is 10.1. The zero-order chi connectivity index (χ0) is 15.7. The quantitative estimate of drug-likeness (QED) is 0.723. The van der Waals surface area contributed by atoms with Gasteiger partial charge in [0.2, 0.25) is 0 Å². The fraction of sp³-hybridized carbons (Fsp3) is 0.118.